The average molecular weight is 492 g/mol. The summed E-state index contributed by atoms with van der Waals surface area (Å²) in [4.78, 5) is 4.69. The van der Waals surface area contributed by atoms with Crippen molar-refractivity contribution in [2.75, 3.05) is 6.54 Å². The first-order chi connectivity index (χ1) is 13.1. The van der Waals surface area contributed by atoms with Crippen LogP contribution in [-0.4, -0.2) is 26.9 Å². The number of benzene rings is 1. The molecule has 150 valence electrons. The maximum absolute atomic E-state index is 4.69. The molecule has 2 aromatic heterocycles. The molecular weight excluding hydrogens is 463 g/mol. The van der Waals surface area contributed by atoms with Crippen molar-refractivity contribution >= 4 is 29.9 Å². The van der Waals surface area contributed by atoms with E-state index in [4.69, 9.17) is 4.99 Å². The van der Waals surface area contributed by atoms with Gasteiger partial charge in [0.2, 0.25) is 0 Å². The summed E-state index contributed by atoms with van der Waals surface area (Å²) in [6.45, 7) is 8.31. The van der Waals surface area contributed by atoms with Gasteiger partial charge in [0.15, 0.2) is 5.96 Å². The minimum absolute atomic E-state index is 0. The summed E-state index contributed by atoms with van der Waals surface area (Å²) in [6.07, 6.45) is 4.13. The van der Waals surface area contributed by atoms with Gasteiger partial charge in [-0.15, -0.1) is 24.0 Å². The maximum atomic E-state index is 4.69. The van der Waals surface area contributed by atoms with E-state index < -0.39 is 0 Å². The van der Waals surface area contributed by atoms with Crippen molar-refractivity contribution in [1.82, 2.24) is 25.0 Å². The zero-order chi connectivity index (χ0) is 19.2. The Morgan fingerprint density at radius 1 is 1.14 bits per heavy atom. The number of aryl methyl sites for hydroxylation is 3. The number of guanidine groups is 1. The van der Waals surface area contributed by atoms with E-state index in [-0.39, 0.29) is 24.0 Å². The highest BCUT2D eigenvalue weighted by atomic mass is 127. The second-order valence-corrected chi connectivity index (χ2v) is 6.70. The Balaban J connectivity index is 0.00000280. The van der Waals surface area contributed by atoms with Crippen LogP contribution in [0.4, 0.5) is 0 Å². The zero-order valence-corrected chi connectivity index (χ0v) is 19.3. The highest BCUT2D eigenvalue weighted by Gasteiger charge is 2.09. The number of para-hydroxylation sites is 1. The molecule has 0 radical (unpaired) electrons. The molecule has 0 spiro atoms. The Bertz CT molecular complexity index is 925. The Kier molecular flexibility index (Phi) is 8.10. The number of hydrogen-bond acceptors (Lipinski definition) is 2. The van der Waals surface area contributed by atoms with Crippen LogP contribution in [0.3, 0.4) is 0 Å². The van der Waals surface area contributed by atoms with Gasteiger partial charge in [0.1, 0.15) is 0 Å². The first-order valence-corrected chi connectivity index (χ1v) is 9.31. The smallest absolute Gasteiger partial charge is 0.191 e. The van der Waals surface area contributed by atoms with Crippen molar-refractivity contribution in [3.63, 3.8) is 0 Å². The van der Waals surface area contributed by atoms with Gasteiger partial charge >= 0.3 is 0 Å². The standard InChI is InChI=1S/C21H28N6.HI/c1-5-22-21(23-13-18-10-11-26(4)15-18)24-14-19-8-6-7-9-20(19)27-17(3)12-16(2)25-27;/h6-12,15H,5,13-14H2,1-4H3,(H2,22,23,24);1H. The Morgan fingerprint density at radius 3 is 2.57 bits per heavy atom. The molecule has 1 aromatic carbocycles. The number of aliphatic imine (C=N–C) groups is 1. The summed E-state index contributed by atoms with van der Waals surface area (Å²) in [6, 6.07) is 12.5. The number of aromatic nitrogens is 3. The molecule has 0 saturated heterocycles. The number of halogens is 1. The van der Waals surface area contributed by atoms with Crippen LogP contribution in [-0.2, 0) is 20.1 Å². The van der Waals surface area contributed by atoms with E-state index in [1.165, 1.54) is 11.1 Å². The van der Waals surface area contributed by atoms with Crippen molar-refractivity contribution in [2.24, 2.45) is 12.0 Å². The fraction of sp³-hybridized carbons (Fsp3) is 0.333. The second-order valence-electron chi connectivity index (χ2n) is 6.70. The van der Waals surface area contributed by atoms with Crippen LogP contribution in [0.25, 0.3) is 5.69 Å². The van der Waals surface area contributed by atoms with Crippen molar-refractivity contribution in [3.05, 3.63) is 71.3 Å². The van der Waals surface area contributed by atoms with E-state index in [0.717, 1.165) is 29.6 Å². The topological polar surface area (TPSA) is 59.2 Å². The SMILES string of the molecule is CCNC(=NCc1ccn(C)c1)NCc1ccccc1-n1nc(C)cc1C.I. The van der Waals surface area contributed by atoms with Crippen LogP contribution in [0.1, 0.15) is 29.4 Å². The lowest BCUT2D eigenvalue weighted by Crippen LogP contribution is -2.37. The predicted octanol–water partition coefficient (Wildman–Crippen LogP) is 3.70. The highest BCUT2D eigenvalue weighted by molar-refractivity contribution is 14.0. The van der Waals surface area contributed by atoms with Crippen LogP contribution >= 0.6 is 24.0 Å². The molecular formula is C21H29IN6. The van der Waals surface area contributed by atoms with E-state index in [9.17, 15) is 0 Å². The molecule has 0 amide bonds. The normalized spacial score (nSPS) is 11.2. The highest BCUT2D eigenvalue weighted by Crippen LogP contribution is 2.16. The summed E-state index contributed by atoms with van der Waals surface area (Å²) < 4.78 is 4.04. The van der Waals surface area contributed by atoms with E-state index in [1.807, 2.05) is 35.5 Å². The van der Waals surface area contributed by atoms with E-state index in [0.29, 0.717) is 13.1 Å². The third-order valence-corrected chi connectivity index (χ3v) is 4.33. The van der Waals surface area contributed by atoms with Gasteiger partial charge in [-0.25, -0.2) is 9.67 Å². The first-order valence-electron chi connectivity index (χ1n) is 9.31. The maximum Gasteiger partial charge on any atom is 0.191 e. The molecule has 7 heteroatoms. The third-order valence-electron chi connectivity index (χ3n) is 4.33. The zero-order valence-electron chi connectivity index (χ0n) is 16.9. The minimum atomic E-state index is 0. The Hall–Kier alpha value is -2.29. The van der Waals surface area contributed by atoms with Crippen LogP contribution in [0.2, 0.25) is 0 Å². The number of nitrogens with zero attached hydrogens (tertiary/aromatic N) is 4. The molecule has 3 aromatic rings. The van der Waals surface area contributed by atoms with Crippen LogP contribution < -0.4 is 10.6 Å². The molecule has 0 fully saturated rings. The first kappa shape index (κ1) is 22.0. The molecule has 6 nitrogen and oxygen atoms in total. The number of nitrogens with one attached hydrogen (secondary N) is 2. The van der Waals surface area contributed by atoms with Gasteiger partial charge in [-0.05, 0) is 50.1 Å². The van der Waals surface area contributed by atoms with Crippen molar-refractivity contribution < 1.29 is 0 Å². The van der Waals surface area contributed by atoms with Gasteiger partial charge in [0, 0.05) is 38.2 Å². The molecule has 3 rings (SSSR count). The Labute approximate surface area is 184 Å². The average Bonchev–Trinajstić information content (AvgIpc) is 3.22. The van der Waals surface area contributed by atoms with Gasteiger partial charge in [-0.1, -0.05) is 18.2 Å². The van der Waals surface area contributed by atoms with Gasteiger partial charge in [-0.3, -0.25) is 0 Å². The summed E-state index contributed by atoms with van der Waals surface area (Å²) in [5.41, 5.74) is 5.61. The van der Waals surface area contributed by atoms with Gasteiger partial charge in [-0.2, -0.15) is 5.10 Å². The molecule has 0 atom stereocenters. The molecule has 0 aliphatic carbocycles. The molecule has 28 heavy (non-hydrogen) atoms. The number of hydrogen-bond donors (Lipinski definition) is 2. The summed E-state index contributed by atoms with van der Waals surface area (Å²) in [5, 5.41) is 11.4. The van der Waals surface area contributed by atoms with E-state index in [1.54, 1.807) is 0 Å². The largest absolute Gasteiger partial charge is 0.357 e. The fourth-order valence-electron chi connectivity index (χ4n) is 3.09. The lowest BCUT2D eigenvalue weighted by atomic mass is 10.1. The van der Waals surface area contributed by atoms with Crippen molar-refractivity contribution in [1.29, 1.82) is 0 Å². The summed E-state index contributed by atoms with van der Waals surface area (Å²) in [5.74, 6) is 0.810. The monoisotopic (exact) mass is 492 g/mol. The molecule has 2 heterocycles. The molecule has 2 N–H and O–H groups in total. The van der Waals surface area contributed by atoms with Gasteiger partial charge in [0.25, 0.3) is 0 Å². The molecule has 0 bridgehead atoms. The van der Waals surface area contributed by atoms with E-state index >= 15 is 0 Å². The molecule has 0 aliphatic rings. The predicted molar refractivity (Wildman–Crippen MR) is 126 cm³/mol. The van der Waals surface area contributed by atoms with Crippen LogP contribution in [0, 0.1) is 13.8 Å². The molecule has 0 saturated carbocycles. The fourth-order valence-corrected chi connectivity index (χ4v) is 3.09. The van der Waals surface area contributed by atoms with Gasteiger partial charge in [0.05, 0.1) is 17.9 Å². The quantitative estimate of drug-likeness (QED) is 0.314. The summed E-state index contributed by atoms with van der Waals surface area (Å²) in [7, 11) is 2.02. The molecule has 0 unspecified atom stereocenters. The van der Waals surface area contributed by atoms with Crippen molar-refractivity contribution in [3.8, 4) is 5.69 Å². The third kappa shape index (κ3) is 5.60. The lowest BCUT2D eigenvalue weighted by Gasteiger charge is -2.15. The molecule has 0 aliphatic heterocycles. The van der Waals surface area contributed by atoms with Crippen LogP contribution in [0.5, 0.6) is 0 Å². The van der Waals surface area contributed by atoms with Crippen LogP contribution in [0.15, 0.2) is 53.8 Å². The van der Waals surface area contributed by atoms with E-state index in [2.05, 4.69) is 66.1 Å². The summed E-state index contributed by atoms with van der Waals surface area (Å²) >= 11 is 0. The number of rotatable bonds is 6. The van der Waals surface area contributed by atoms with Gasteiger partial charge < -0.3 is 15.2 Å². The minimum Gasteiger partial charge on any atom is -0.357 e. The lowest BCUT2D eigenvalue weighted by molar-refractivity contribution is 0.783. The van der Waals surface area contributed by atoms with Crippen molar-refractivity contribution in [2.45, 2.75) is 33.9 Å². The Morgan fingerprint density at radius 2 is 1.93 bits per heavy atom. The second kappa shape index (κ2) is 10.3.